The normalized spacial score (nSPS) is 12.0. The number of aryl methyl sites for hydroxylation is 1. The van der Waals surface area contributed by atoms with Crippen LogP contribution in [0.1, 0.15) is 23.6 Å². The van der Waals surface area contributed by atoms with Crippen LogP contribution in [0.2, 0.25) is 0 Å². The first kappa shape index (κ1) is 13.1. The lowest BCUT2D eigenvalue weighted by atomic mass is 9.94. The van der Waals surface area contributed by atoms with Crippen molar-refractivity contribution in [3.05, 3.63) is 41.0 Å². The van der Waals surface area contributed by atoms with E-state index in [-0.39, 0.29) is 4.90 Å². The van der Waals surface area contributed by atoms with Gasteiger partial charge in [0, 0.05) is 5.39 Å². The first-order valence-corrected chi connectivity index (χ1v) is 7.30. The zero-order chi connectivity index (χ0) is 13.5. The minimum absolute atomic E-state index is 0.0590. The summed E-state index contributed by atoms with van der Waals surface area (Å²) >= 11 is 0. The molecule has 0 saturated heterocycles. The predicted octanol–water partition coefficient (Wildman–Crippen LogP) is 3.27. The van der Waals surface area contributed by atoms with E-state index in [1.165, 1.54) is 0 Å². The molecule has 0 fully saturated rings. The van der Waals surface area contributed by atoms with Crippen LogP contribution in [0.4, 0.5) is 0 Å². The number of benzene rings is 2. The lowest BCUT2D eigenvalue weighted by Crippen LogP contribution is -2.07. The number of hydrogen-bond acceptors (Lipinski definition) is 2. The van der Waals surface area contributed by atoms with Crippen LogP contribution in [-0.2, 0) is 16.5 Å². The fourth-order valence-electron chi connectivity index (χ4n) is 2.49. The predicted molar refractivity (Wildman–Crippen MR) is 72.6 cm³/mol. The van der Waals surface area contributed by atoms with Gasteiger partial charge in [-0.1, -0.05) is 31.2 Å². The first-order valence-electron chi connectivity index (χ1n) is 5.86. The summed E-state index contributed by atoms with van der Waals surface area (Å²) in [5, 5.41) is 1.47. The maximum Gasteiger partial charge on any atom is 0.295 e. The van der Waals surface area contributed by atoms with Crippen molar-refractivity contribution in [3.63, 3.8) is 0 Å². The minimum atomic E-state index is -4.21. The molecule has 2 rings (SSSR count). The molecule has 0 atom stereocenters. The van der Waals surface area contributed by atoms with Gasteiger partial charge in [0.1, 0.15) is 4.90 Å². The molecule has 0 bridgehead atoms. The number of fused-ring (bicyclic) bond motifs is 1. The van der Waals surface area contributed by atoms with Crippen molar-refractivity contribution >= 4 is 20.9 Å². The molecule has 96 valence electrons. The van der Waals surface area contributed by atoms with Gasteiger partial charge in [0.05, 0.1) is 0 Å². The van der Waals surface area contributed by atoms with Crippen molar-refractivity contribution in [1.82, 2.24) is 0 Å². The summed E-state index contributed by atoms with van der Waals surface area (Å²) in [6.07, 6.45) is 0.576. The maximum atomic E-state index is 11.6. The second-order valence-electron chi connectivity index (χ2n) is 4.43. The Bertz CT molecular complexity index is 715. The largest absolute Gasteiger partial charge is 0.295 e. The van der Waals surface area contributed by atoms with Crippen molar-refractivity contribution in [2.75, 3.05) is 0 Å². The summed E-state index contributed by atoms with van der Waals surface area (Å²) in [5.41, 5.74) is 2.70. The first-order chi connectivity index (χ1) is 8.38. The average Bonchev–Trinajstić information content (AvgIpc) is 2.32. The van der Waals surface area contributed by atoms with Gasteiger partial charge in [-0.25, -0.2) is 0 Å². The van der Waals surface area contributed by atoms with Crippen LogP contribution in [0.25, 0.3) is 10.8 Å². The van der Waals surface area contributed by atoms with E-state index in [1.807, 2.05) is 32.9 Å². The number of rotatable bonds is 2. The van der Waals surface area contributed by atoms with Crippen LogP contribution >= 0.6 is 0 Å². The second-order valence-corrected chi connectivity index (χ2v) is 5.79. The third-order valence-electron chi connectivity index (χ3n) is 3.48. The van der Waals surface area contributed by atoms with Crippen LogP contribution in [0.15, 0.2) is 29.2 Å². The van der Waals surface area contributed by atoms with Gasteiger partial charge in [-0.15, -0.1) is 0 Å². The maximum absolute atomic E-state index is 11.6. The molecular formula is C14H16O3S. The highest BCUT2D eigenvalue weighted by atomic mass is 32.2. The van der Waals surface area contributed by atoms with E-state index in [0.717, 1.165) is 16.5 Å². The van der Waals surface area contributed by atoms with Gasteiger partial charge in [0.15, 0.2) is 0 Å². The second kappa shape index (κ2) is 4.37. The third kappa shape index (κ3) is 1.91. The molecule has 0 heterocycles. The molecular weight excluding hydrogens is 248 g/mol. The van der Waals surface area contributed by atoms with Crippen molar-refractivity contribution in [1.29, 1.82) is 0 Å². The van der Waals surface area contributed by atoms with Crippen LogP contribution < -0.4 is 0 Å². The van der Waals surface area contributed by atoms with Crippen molar-refractivity contribution in [2.45, 2.75) is 32.1 Å². The Hall–Kier alpha value is -1.39. The van der Waals surface area contributed by atoms with Gasteiger partial charge >= 0.3 is 0 Å². The molecule has 0 spiro atoms. The molecule has 0 aliphatic heterocycles. The van der Waals surface area contributed by atoms with Crippen LogP contribution in [0.3, 0.4) is 0 Å². The van der Waals surface area contributed by atoms with Crippen LogP contribution in [-0.4, -0.2) is 13.0 Å². The molecule has 0 saturated carbocycles. The van der Waals surface area contributed by atoms with Gasteiger partial charge in [-0.2, -0.15) is 8.42 Å². The van der Waals surface area contributed by atoms with Gasteiger partial charge in [-0.05, 0) is 42.3 Å². The minimum Gasteiger partial charge on any atom is -0.282 e. The Morgan fingerprint density at radius 3 is 2.11 bits per heavy atom. The fourth-order valence-corrected chi connectivity index (χ4v) is 3.55. The van der Waals surface area contributed by atoms with E-state index in [9.17, 15) is 13.0 Å². The average molecular weight is 264 g/mol. The summed E-state index contributed by atoms with van der Waals surface area (Å²) in [6.45, 7) is 5.77. The molecule has 0 radical (unpaired) electrons. The Labute approximate surface area is 107 Å². The zero-order valence-corrected chi connectivity index (χ0v) is 11.5. The van der Waals surface area contributed by atoms with Gasteiger partial charge < -0.3 is 0 Å². The van der Waals surface area contributed by atoms with E-state index < -0.39 is 10.1 Å². The standard InChI is InChI=1S/C14H16O3S/c1-4-11-9(2)10(3)12-7-5-6-8-13(12)14(11)18(15,16)17/h5-8H,4H2,1-3H3,(H,15,16,17). The van der Waals surface area contributed by atoms with Gasteiger partial charge in [0.2, 0.25) is 0 Å². The summed E-state index contributed by atoms with van der Waals surface area (Å²) in [7, 11) is -4.21. The molecule has 0 amide bonds. The highest BCUT2D eigenvalue weighted by molar-refractivity contribution is 7.86. The lowest BCUT2D eigenvalue weighted by molar-refractivity contribution is 0.483. The molecule has 3 nitrogen and oxygen atoms in total. The summed E-state index contributed by atoms with van der Waals surface area (Å²) in [5.74, 6) is 0. The smallest absolute Gasteiger partial charge is 0.282 e. The van der Waals surface area contributed by atoms with Gasteiger partial charge in [0.25, 0.3) is 10.1 Å². The highest BCUT2D eigenvalue weighted by Crippen LogP contribution is 2.33. The third-order valence-corrected chi connectivity index (χ3v) is 4.46. The Morgan fingerprint density at radius 1 is 1.06 bits per heavy atom. The summed E-state index contributed by atoms with van der Waals surface area (Å²) in [4.78, 5) is 0.0590. The SMILES string of the molecule is CCc1c(C)c(C)c2ccccc2c1S(=O)(=O)O. The molecule has 0 aromatic heterocycles. The molecule has 18 heavy (non-hydrogen) atoms. The Kier molecular flexibility index (Phi) is 3.17. The van der Waals surface area contributed by atoms with Crippen LogP contribution in [0, 0.1) is 13.8 Å². The summed E-state index contributed by atoms with van der Waals surface area (Å²) < 4.78 is 32.8. The highest BCUT2D eigenvalue weighted by Gasteiger charge is 2.21. The lowest BCUT2D eigenvalue weighted by Gasteiger charge is -2.16. The van der Waals surface area contributed by atoms with Crippen molar-refractivity contribution in [2.24, 2.45) is 0 Å². The monoisotopic (exact) mass is 264 g/mol. The van der Waals surface area contributed by atoms with E-state index in [4.69, 9.17) is 0 Å². The van der Waals surface area contributed by atoms with Crippen LogP contribution in [0.5, 0.6) is 0 Å². The van der Waals surface area contributed by atoms with E-state index in [2.05, 4.69) is 0 Å². The number of hydrogen-bond donors (Lipinski definition) is 1. The molecule has 2 aromatic carbocycles. The molecule has 0 unspecified atom stereocenters. The van der Waals surface area contributed by atoms with E-state index in [0.29, 0.717) is 17.4 Å². The summed E-state index contributed by atoms with van der Waals surface area (Å²) in [6, 6.07) is 7.27. The molecule has 2 aromatic rings. The van der Waals surface area contributed by atoms with E-state index in [1.54, 1.807) is 12.1 Å². The van der Waals surface area contributed by atoms with Crippen molar-refractivity contribution < 1.29 is 13.0 Å². The van der Waals surface area contributed by atoms with E-state index >= 15 is 0 Å². The zero-order valence-electron chi connectivity index (χ0n) is 10.7. The Balaban J connectivity index is 3.11. The molecule has 1 N–H and O–H groups in total. The fraction of sp³-hybridized carbons (Fsp3) is 0.286. The molecule has 0 aliphatic rings. The molecule has 4 heteroatoms. The van der Waals surface area contributed by atoms with Crippen molar-refractivity contribution in [3.8, 4) is 0 Å². The quantitative estimate of drug-likeness (QED) is 0.847. The Morgan fingerprint density at radius 2 is 1.61 bits per heavy atom. The van der Waals surface area contributed by atoms with Gasteiger partial charge in [-0.3, -0.25) is 4.55 Å². The molecule has 0 aliphatic carbocycles. The topological polar surface area (TPSA) is 54.4 Å².